The van der Waals surface area contributed by atoms with Crippen molar-refractivity contribution in [3.8, 4) is 0 Å². The van der Waals surface area contributed by atoms with Crippen molar-refractivity contribution in [1.29, 1.82) is 0 Å². The SMILES string of the molecule is CCN(N)C1=Nc2ccc(Cl)cc2C(c2ccccc2Cl)=NC1. The Morgan fingerprint density at radius 1 is 1.13 bits per heavy atom. The fourth-order valence-corrected chi connectivity index (χ4v) is 2.82. The predicted octanol–water partition coefficient (Wildman–Crippen LogP) is 4.07. The summed E-state index contributed by atoms with van der Waals surface area (Å²) in [6, 6.07) is 13.2. The minimum absolute atomic E-state index is 0.386. The molecule has 0 aromatic heterocycles. The zero-order valence-corrected chi connectivity index (χ0v) is 14.1. The molecule has 6 heteroatoms. The van der Waals surface area contributed by atoms with Crippen LogP contribution in [0.2, 0.25) is 10.0 Å². The van der Waals surface area contributed by atoms with Crippen LogP contribution in [0, 0.1) is 0 Å². The molecule has 0 saturated carbocycles. The molecule has 0 radical (unpaired) electrons. The van der Waals surface area contributed by atoms with E-state index in [0.717, 1.165) is 22.5 Å². The Morgan fingerprint density at radius 2 is 1.91 bits per heavy atom. The molecule has 0 bridgehead atoms. The number of nitrogens with zero attached hydrogens (tertiary/aromatic N) is 3. The van der Waals surface area contributed by atoms with Crippen molar-refractivity contribution in [2.75, 3.05) is 13.1 Å². The summed E-state index contributed by atoms with van der Waals surface area (Å²) in [5.41, 5.74) is 3.26. The van der Waals surface area contributed by atoms with E-state index in [4.69, 9.17) is 34.0 Å². The molecule has 2 aromatic carbocycles. The van der Waals surface area contributed by atoms with E-state index < -0.39 is 0 Å². The van der Waals surface area contributed by atoms with Gasteiger partial charge in [0.1, 0.15) is 5.84 Å². The molecule has 0 unspecified atom stereocenters. The first-order chi connectivity index (χ1) is 11.1. The maximum atomic E-state index is 6.36. The average molecular weight is 347 g/mol. The number of hydrogen-bond donors (Lipinski definition) is 1. The van der Waals surface area contributed by atoms with Gasteiger partial charge in [0, 0.05) is 27.7 Å². The molecule has 118 valence electrons. The van der Waals surface area contributed by atoms with Crippen molar-refractivity contribution < 1.29 is 0 Å². The van der Waals surface area contributed by atoms with Gasteiger partial charge in [-0.3, -0.25) is 10.0 Å². The van der Waals surface area contributed by atoms with Crippen LogP contribution in [0.4, 0.5) is 5.69 Å². The normalized spacial score (nSPS) is 13.7. The highest BCUT2D eigenvalue weighted by atomic mass is 35.5. The van der Waals surface area contributed by atoms with Crippen molar-refractivity contribution in [2.45, 2.75) is 6.92 Å². The van der Waals surface area contributed by atoms with Gasteiger partial charge >= 0.3 is 0 Å². The van der Waals surface area contributed by atoms with E-state index in [1.165, 1.54) is 0 Å². The fourth-order valence-electron chi connectivity index (χ4n) is 2.43. The highest BCUT2D eigenvalue weighted by Crippen LogP contribution is 2.30. The zero-order valence-electron chi connectivity index (χ0n) is 12.6. The molecule has 2 N–H and O–H groups in total. The number of hydrazine groups is 1. The highest BCUT2D eigenvalue weighted by Gasteiger charge is 2.19. The van der Waals surface area contributed by atoms with Crippen LogP contribution in [-0.2, 0) is 0 Å². The Morgan fingerprint density at radius 3 is 2.65 bits per heavy atom. The summed E-state index contributed by atoms with van der Waals surface area (Å²) in [6.45, 7) is 3.00. The third-order valence-corrected chi connectivity index (χ3v) is 4.21. The van der Waals surface area contributed by atoms with Crippen LogP contribution < -0.4 is 5.84 Å². The second-order valence-corrected chi connectivity index (χ2v) is 5.96. The smallest absolute Gasteiger partial charge is 0.141 e. The van der Waals surface area contributed by atoms with Crippen molar-refractivity contribution in [3.63, 3.8) is 0 Å². The number of nitrogens with two attached hydrogens (primary N) is 1. The highest BCUT2D eigenvalue weighted by molar-refractivity contribution is 6.36. The summed E-state index contributed by atoms with van der Waals surface area (Å²) in [4.78, 5) is 9.37. The summed E-state index contributed by atoms with van der Waals surface area (Å²) >= 11 is 12.5. The first kappa shape index (κ1) is 16.0. The van der Waals surface area contributed by atoms with Crippen LogP contribution in [0.3, 0.4) is 0 Å². The predicted molar refractivity (Wildman–Crippen MR) is 97.1 cm³/mol. The van der Waals surface area contributed by atoms with Gasteiger partial charge in [0.2, 0.25) is 0 Å². The number of benzene rings is 2. The topological polar surface area (TPSA) is 54.0 Å². The van der Waals surface area contributed by atoms with Crippen molar-refractivity contribution >= 4 is 40.4 Å². The van der Waals surface area contributed by atoms with E-state index in [-0.39, 0.29) is 0 Å². The van der Waals surface area contributed by atoms with Gasteiger partial charge in [-0.2, -0.15) is 0 Å². The molecular formula is C17H16Cl2N4. The van der Waals surface area contributed by atoms with Crippen LogP contribution in [0.15, 0.2) is 52.4 Å². The van der Waals surface area contributed by atoms with Crippen molar-refractivity contribution in [2.24, 2.45) is 15.8 Å². The van der Waals surface area contributed by atoms with Gasteiger partial charge in [-0.1, -0.05) is 41.4 Å². The van der Waals surface area contributed by atoms with Crippen LogP contribution in [-0.4, -0.2) is 29.6 Å². The zero-order chi connectivity index (χ0) is 16.4. The van der Waals surface area contributed by atoms with Gasteiger partial charge in [0.15, 0.2) is 0 Å². The largest absolute Gasteiger partial charge is 0.297 e. The molecule has 23 heavy (non-hydrogen) atoms. The lowest BCUT2D eigenvalue weighted by atomic mass is 10.0. The van der Waals surface area contributed by atoms with Crippen LogP contribution in [0.1, 0.15) is 18.1 Å². The average Bonchev–Trinajstić information content (AvgIpc) is 2.74. The summed E-state index contributed by atoms with van der Waals surface area (Å²) in [5.74, 6) is 6.71. The molecule has 0 aliphatic carbocycles. The third-order valence-electron chi connectivity index (χ3n) is 3.64. The van der Waals surface area contributed by atoms with E-state index >= 15 is 0 Å². The van der Waals surface area contributed by atoms with Gasteiger partial charge in [0.05, 0.1) is 17.9 Å². The molecule has 4 nitrogen and oxygen atoms in total. The van der Waals surface area contributed by atoms with Gasteiger partial charge in [0.25, 0.3) is 0 Å². The quantitative estimate of drug-likeness (QED) is 0.658. The molecule has 0 fully saturated rings. The summed E-state index contributed by atoms with van der Waals surface area (Å²) in [6.07, 6.45) is 0. The Kier molecular flexibility index (Phi) is 4.66. The maximum Gasteiger partial charge on any atom is 0.141 e. The van der Waals surface area contributed by atoms with Crippen LogP contribution in [0.5, 0.6) is 0 Å². The molecule has 0 atom stereocenters. The number of rotatable bonds is 2. The number of halogens is 2. The maximum absolute atomic E-state index is 6.36. The molecule has 2 aromatic rings. The first-order valence-corrected chi connectivity index (χ1v) is 8.05. The molecule has 3 rings (SSSR count). The third kappa shape index (κ3) is 3.24. The Balaban J connectivity index is 2.19. The Hall–Kier alpha value is -1.88. The van der Waals surface area contributed by atoms with E-state index in [2.05, 4.69) is 4.99 Å². The van der Waals surface area contributed by atoms with Crippen molar-refractivity contribution in [3.05, 3.63) is 63.6 Å². The van der Waals surface area contributed by atoms with E-state index in [1.807, 2.05) is 49.4 Å². The lowest BCUT2D eigenvalue weighted by Crippen LogP contribution is -2.38. The number of amidine groups is 1. The van der Waals surface area contributed by atoms with Crippen LogP contribution >= 0.6 is 23.2 Å². The monoisotopic (exact) mass is 346 g/mol. The lowest BCUT2D eigenvalue weighted by Gasteiger charge is -2.16. The van der Waals surface area contributed by atoms with Gasteiger partial charge in [-0.15, -0.1) is 0 Å². The molecule has 1 heterocycles. The number of fused-ring (bicyclic) bond motifs is 1. The minimum atomic E-state index is 0.386. The van der Waals surface area contributed by atoms with Gasteiger partial charge in [-0.05, 0) is 31.2 Å². The van der Waals surface area contributed by atoms with E-state index in [1.54, 1.807) is 5.01 Å². The molecule has 0 amide bonds. The number of likely N-dealkylation sites (N-methyl/N-ethyl adjacent to an activating group) is 1. The molecule has 1 aliphatic rings. The van der Waals surface area contributed by atoms with E-state index in [9.17, 15) is 0 Å². The second kappa shape index (κ2) is 6.71. The summed E-state index contributed by atoms with van der Waals surface area (Å²) in [5, 5.41) is 2.86. The number of aliphatic imine (C=N–C) groups is 2. The Labute approximate surface area is 145 Å². The Bertz CT molecular complexity index is 799. The van der Waals surface area contributed by atoms with Gasteiger partial charge < -0.3 is 0 Å². The lowest BCUT2D eigenvalue weighted by molar-refractivity contribution is 0.459. The molecular weight excluding hydrogens is 331 g/mol. The minimum Gasteiger partial charge on any atom is -0.297 e. The number of hydrogen-bond acceptors (Lipinski definition) is 4. The molecule has 0 spiro atoms. The van der Waals surface area contributed by atoms with Crippen LogP contribution in [0.25, 0.3) is 0 Å². The van der Waals surface area contributed by atoms with Crippen molar-refractivity contribution in [1.82, 2.24) is 5.01 Å². The van der Waals surface area contributed by atoms with Gasteiger partial charge in [-0.25, -0.2) is 10.8 Å². The standard InChI is InChI=1S/C17H16Cl2N4/c1-2-23(20)16-10-21-17(12-5-3-4-6-14(12)19)13-9-11(18)7-8-15(13)22-16/h3-9H,2,10,20H2,1H3. The fraction of sp³-hybridized carbons (Fsp3) is 0.176. The molecule has 0 saturated heterocycles. The summed E-state index contributed by atoms with van der Waals surface area (Å²) < 4.78 is 0. The summed E-state index contributed by atoms with van der Waals surface area (Å²) in [7, 11) is 0. The first-order valence-electron chi connectivity index (χ1n) is 7.29. The molecule has 1 aliphatic heterocycles. The van der Waals surface area contributed by atoms with E-state index in [0.29, 0.717) is 29.0 Å². The second-order valence-electron chi connectivity index (χ2n) is 5.12.